The molecule has 1 aliphatic rings. The van der Waals surface area contributed by atoms with Gasteiger partial charge in [0.05, 0.1) is 0 Å². The van der Waals surface area contributed by atoms with Crippen LogP contribution in [-0.2, 0) is 4.79 Å². The molecule has 18 heavy (non-hydrogen) atoms. The molecule has 0 bridgehead atoms. The predicted molar refractivity (Wildman–Crippen MR) is 68.2 cm³/mol. The van der Waals surface area contributed by atoms with Crippen molar-refractivity contribution in [3.63, 3.8) is 0 Å². The van der Waals surface area contributed by atoms with Crippen LogP contribution in [0.3, 0.4) is 0 Å². The molecule has 1 unspecified atom stereocenters. The monoisotopic (exact) mass is 312 g/mol. The second-order valence-electron chi connectivity index (χ2n) is 4.58. The number of rotatable bonds is 4. The van der Waals surface area contributed by atoms with Gasteiger partial charge in [-0.1, -0.05) is 6.07 Å². The molecule has 0 radical (unpaired) electrons. The van der Waals surface area contributed by atoms with Crippen molar-refractivity contribution >= 4 is 27.8 Å². The highest BCUT2D eigenvalue weighted by Crippen LogP contribution is 2.39. The first-order chi connectivity index (χ1) is 8.43. The Hall–Kier alpha value is -1.43. The minimum Gasteiger partial charge on any atom is -0.480 e. The fourth-order valence-corrected chi connectivity index (χ4v) is 2.17. The summed E-state index contributed by atoms with van der Waals surface area (Å²) in [5.74, 6) is -1.47. The van der Waals surface area contributed by atoms with E-state index in [0.717, 1.165) is 12.8 Å². The van der Waals surface area contributed by atoms with Gasteiger partial charge in [0.1, 0.15) is 15.8 Å². The Kier molecular flexibility index (Phi) is 3.38. The number of hydrogen-bond donors (Lipinski definition) is 2. The quantitative estimate of drug-likeness (QED) is 0.831. The number of nitrogens with zero attached hydrogens (tertiary/aromatic N) is 1. The second kappa shape index (κ2) is 4.68. The van der Waals surface area contributed by atoms with Crippen LogP contribution < -0.4 is 5.32 Å². The Balaban J connectivity index is 2.17. The highest BCUT2D eigenvalue weighted by Gasteiger charge is 2.48. The first-order valence-corrected chi connectivity index (χ1v) is 6.41. The summed E-state index contributed by atoms with van der Waals surface area (Å²) in [5, 5.41) is 11.8. The maximum Gasteiger partial charge on any atom is 0.329 e. The van der Waals surface area contributed by atoms with E-state index in [2.05, 4.69) is 26.2 Å². The van der Waals surface area contributed by atoms with Gasteiger partial charge in [0, 0.05) is 0 Å². The summed E-state index contributed by atoms with van der Waals surface area (Å²) < 4.78 is 0.540. The Bertz CT molecular complexity index is 502. The predicted octanol–water partition coefficient (Wildman–Crippen LogP) is 1.83. The van der Waals surface area contributed by atoms with Crippen LogP contribution in [-0.4, -0.2) is 27.5 Å². The minimum absolute atomic E-state index is 0.00565. The van der Waals surface area contributed by atoms with Gasteiger partial charge < -0.3 is 10.4 Å². The lowest BCUT2D eigenvalue weighted by Gasteiger charge is -2.25. The van der Waals surface area contributed by atoms with E-state index in [9.17, 15) is 14.7 Å². The van der Waals surface area contributed by atoms with Gasteiger partial charge in [0.25, 0.3) is 5.91 Å². The van der Waals surface area contributed by atoms with Crippen molar-refractivity contribution in [3.8, 4) is 0 Å². The van der Waals surface area contributed by atoms with Crippen molar-refractivity contribution in [1.29, 1.82) is 0 Å². The Morgan fingerprint density at radius 2 is 2.17 bits per heavy atom. The number of nitrogens with one attached hydrogen (secondary N) is 1. The highest BCUT2D eigenvalue weighted by molar-refractivity contribution is 9.10. The highest BCUT2D eigenvalue weighted by atomic mass is 79.9. The zero-order valence-electron chi connectivity index (χ0n) is 9.81. The lowest BCUT2D eigenvalue weighted by atomic mass is 9.96. The van der Waals surface area contributed by atoms with Gasteiger partial charge in [0.15, 0.2) is 0 Å². The molecule has 0 aliphatic heterocycles. The van der Waals surface area contributed by atoms with E-state index in [0.29, 0.717) is 4.60 Å². The largest absolute Gasteiger partial charge is 0.480 e. The van der Waals surface area contributed by atoms with Crippen LogP contribution in [0.1, 0.15) is 30.3 Å². The summed E-state index contributed by atoms with van der Waals surface area (Å²) >= 11 is 3.17. The maximum atomic E-state index is 12.0. The van der Waals surface area contributed by atoms with Gasteiger partial charge >= 0.3 is 5.97 Å². The summed E-state index contributed by atoms with van der Waals surface area (Å²) in [6, 6.07) is 4.94. The molecule has 0 spiro atoms. The summed E-state index contributed by atoms with van der Waals surface area (Å²) in [7, 11) is 0. The SMILES string of the molecule is CC(NC(=O)c1cccc(Br)n1)(C(=O)O)C1CC1. The van der Waals surface area contributed by atoms with Crippen LogP contribution in [0.4, 0.5) is 0 Å². The van der Waals surface area contributed by atoms with Gasteiger partial charge in [-0.2, -0.15) is 0 Å². The molecule has 2 rings (SSSR count). The summed E-state index contributed by atoms with van der Waals surface area (Å²) in [6.45, 7) is 1.54. The van der Waals surface area contributed by atoms with E-state index < -0.39 is 17.4 Å². The third-order valence-corrected chi connectivity index (χ3v) is 3.60. The van der Waals surface area contributed by atoms with E-state index in [1.165, 1.54) is 0 Å². The average Bonchev–Trinajstić information content (AvgIpc) is 3.12. The average molecular weight is 313 g/mol. The van der Waals surface area contributed by atoms with Gasteiger partial charge in [-0.15, -0.1) is 0 Å². The van der Waals surface area contributed by atoms with Crippen molar-refractivity contribution < 1.29 is 14.7 Å². The number of aromatic nitrogens is 1. The smallest absolute Gasteiger partial charge is 0.329 e. The molecule has 2 N–H and O–H groups in total. The van der Waals surface area contributed by atoms with E-state index in [1.54, 1.807) is 25.1 Å². The number of carbonyl (C=O) groups excluding carboxylic acids is 1. The molecule has 96 valence electrons. The molecule has 1 aromatic rings. The Morgan fingerprint density at radius 3 is 2.67 bits per heavy atom. The number of pyridine rings is 1. The molecule has 6 heteroatoms. The van der Waals surface area contributed by atoms with Gasteiger partial charge in [-0.3, -0.25) is 4.79 Å². The van der Waals surface area contributed by atoms with Gasteiger partial charge in [0.2, 0.25) is 0 Å². The minimum atomic E-state index is -1.21. The van der Waals surface area contributed by atoms with Crippen LogP contribution in [0.25, 0.3) is 0 Å². The van der Waals surface area contributed by atoms with E-state index >= 15 is 0 Å². The molecule has 0 saturated heterocycles. The van der Waals surface area contributed by atoms with E-state index in [4.69, 9.17) is 0 Å². The number of hydrogen-bond acceptors (Lipinski definition) is 3. The molecule has 1 fully saturated rings. The number of aliphatic carboxylic acids is 1. The molecule has 1 saturated carbocycles. The van der Waals surface area contributed by atoms with Crippen molar-refractivity contribution in [2.24, 2.45) is 5.92 Å². The van der Waals surface area contributed by atoms with Crippen LogP contribution in [0.5, 0.6) is 0 Å². The van der Waals surface area contributed by atoms with E-state index in [1.807, 2.05) is 0 Å². The Morgan fingerprint density at radius 1 is 1.50 bits per heavy atom. The number of carboxylic acid groups (broad SMARTS) is 1. The number of carbonyl (C=O) groups is 2. The molecule has 1 aliphatic carbocycles. The van der Waals surface area contributed by atoms with Crippen molar-refractivity contribution in [2.45, 2.75) is 25.3 Å². The molecule has 5 nitrogen and oxygen atoms in total. The standard InChI is InChI=1S/C12H13BrN2O3/c1-12(11(17)18,7-5-6-7)15-10(16)8-3-2-4-9(13)14-8/h2-4,7H,5-6H2,1H3,(H,15,16)(H,17,18). The van der Waals surface area contributed by atoms with Crippen LogP contribution in [0.15, 0.2) is 22.8 Å². The summed E-state index contributed by atoms with van der Waals surface area (Å²) in [6.07, 6.45) is 1.66. The fourth-order valence-electron chi connectivity index (χ4n) is 1.83. The number of carboxylic acids is 1. The van der Waals surface area contributed by atoms with Crippen molar-refractivity contribution in [2.75, 3.05) is 0 Å². The maximum absolute atomic E-state index is 12.0. The van der Waals surface area contributed by atoms with Crippen LogP contribution in [0.2, 0.25) is 0 Å². The first kappa shape index (κ1) is 13.0. The third kappa shape index (κ3) is 2.53. The third-order valence-electron chi connectivity index (χ3n) is 3.16. The summed E-state index contributed by atoms with van der Waals surface area (Å²) in [5.41, 5.74) is -1.00. The topological polar surface area (TPSA) is 79.3 Å². The Labute approximate surface area is 113 Å². The number of halogens is 1. The zero-order chi connectivity index (χ0) is 13.3. The van der Waals surface area contributed by atoms with Gasteiger partial charge in [-0.05, 0) is 53.7 Å². The molecule has 1 heterocycles. The second-order valence-corrected chi connectivity index (χ2v) is 5.39. The zero-order valence-corrected chi connectivity index (χ0v) is 11.4. The van der Waals surface area contributed by atoms with Crippen LogP contribution in [0, 0.1) is 5.92 Å². The summed E-state index contributed by atoms with van der Waals surface area (Å²) in [4.78, 5) is 27.3. The first-order valence-electron chi connectivity index (χ1n) is 5.62. The molecule has 1 amide bonds. The van der Waals surface area contributed by atoms with Crippen LogP contribution >= 0.6 is 15.9 Å². The van der Waals surface area contributed by atoms with Crippen molar-refractivity contribution in [3.05, 3.63) is 28.5 Å². The van der Waals surface area contributed by atoms with E-state index in [-0.39, 0.29) is 11.6 Å². The van der Waals surface area contributed by atoms with Gasteiger partial charge in [-0.25, -0.2) is 9.78 Å². The normalized spacial score (nSPS) is 17.9. The molecule has 0 aromatic carbocycles. The fraction of sp³-hybridized carbons (Fsp3) is 0.417. The number of amides is 1. The molecular formula is C12H13BrN2O3. The molecular weight excluding hydrogens is 300 g/mol. The lowest BCUT2D eigenvalue weighted by molar-refractivity contribution is -0.144. The molecule has 1 atom stereocenters. The lowest BCUT2D eigenvalue weighted by Crippen LogP contribution is -2.54. The van der Waals surface area contributed by atoms with Crippen molar-refractivity contribution in [1.82, 2.24) is 10.3 Å². The molecule has 1 aromatic heterocycles.